The molecule has 26 heavy (non-hydrogen) atoms. The molecule has 0 aliphatic heterocycles. The summed E-state index contributed by atoms with van der Waals surface area (Å²) in [6.07, 6.45) is 0. The van der Waals surface area contributed by atoms with E-state index in [0.717, 1.165) is 0 Å². The summed E-state index contributed by atoms with van der Waals surface area (Å²) < 4.78 is 0. The number of primary amides is 1. The van der Waals surface area contributed by atoms with Crippen molar-refractivity contribution in [3.63, 3.8) is 0 Å². The molecule has 0 aliphatic carbocycles. The van der Waals surface area contributed by atoms with E-state index in [2.05, 4.69) is 12.1 Å². The summed E-state index contributed by atoms with van der Waals surface area (Å²) >= 11 is 0. The van der Waals surface area contributed by atoms with Crippen molar-refractivity contribution in [1.29, 1.82) is 10.5 Å². The van der Waals surface area contributed by atoms with Crippen molar-refractivity contribution in [2.75, 3.05) is 0 Å². The van der Waals surface area contributed by atoms with E-state index in [0.29, 0.717) is 27.8 Å². The molecule has 0 heterocycles. The molecule has 0 saturated carbocycles. The Morgan fingerprint density at radius 3 is 1.58 bits per heavy atom. The Kier molecular flexibility index (Phi) is 4.51. The van der Waals surface area contributed by atoms with Crippen LogP contribution in [0, 0.1) is 22.7 Å². The first-order valence-electron chi connectivity index (χ1n) is 8.01. The van der Waals surface area contributed by atoms with E-state index in [1.165, 1.54) is 0 Å². The quantitative estimate of drug-likeness (QED) is 0.741. The fraction of sp³-hybridized carbons (Fsp3) is 0.0455. The number of carbonyl (C=O) groups excluding carboxylic acids is 1. The lowest BCUT2D eigenvalue weighted by Crippen LogP contribution is -2.44. The maximum atomic E-state index is 13.0. The van der Waals surface area contributed by atoms with Gasteiger partial charge < -0.3 is 5.73 Å². The van der Waals surface area contributed by atoms with Crippen LogP contribution >= 0.6 is 0 Å². The van der Waals surface area contributed by atoms with Gasteiger partial charge in [-0.2, -0.15) is 10.5 Å². The molecule has 0 spiro atoms. The summed E-state index contributed by atoms with van der Waals surface area (Å²) in [5.74, 6) is -0.644. The van der Waals surface area contributed by atoms with Gasteiger partial charge in [0.05, 0.1) is 23.3 Å². The molecule has 0 bridgehead atoms. The van der Waals surface area contributed by atoms with Crippen molar-refractivity contribution in [1.82, 2.24) is 0 Å². The molecule has 2 N–H and O–H groups in total. The number of hydrogen-bond donors (Lipinski definition) is 1. The monoisotopic (exact) mass is 337 g/mol. The zero-order valence-corrected chi connectivity index (χ0v) is 13.9. The van der Waals surface area contributed by atoms with Gasteiger partial charge >= 0.3 is 0 Å². The lowest BCUT2D eigenvalue weighted by molar-refractivity contribution is -0.120. The van der Waals surface area contributed by atoms with Crippen LogP contribution in [-0.2, 0) is 10.2 Å². The van der Waals surface area contributed by atoms with Crippen LogP contribution in [0.1, 0.15) is 27.8 Å². The third kappa shape index (κ3) is 2.51. The van der Waals surface area contributed by atoms with Gasteiger partial charge in [-0.25, -0.2) is 0 Å². The first kappa shape index (κ1) is 17.0. The number of carbonyl (C=O) groups is 1. The van der Waals surface area contributed by atoms with Crippen molar-refractivity contribution in [3.8, 4) is 12.1 Å². The second-order valence-electron chi connectivity index (χ2n) is 5.80. The lowest BCUT2D eigenvalue weighted by Gasteiger charge is -2.33. The molecule has 0 atom stereocenters. The molecule has 0 unspecified atom stereocenters. The van der Waals surface area contributed by atoms with Crippen LogP contribution in [0.25, 0.3) is 0 Å². The molecule has 1 amide bonds. The smallest absolute Gasteiger partial charge is 0.237 e. The van der Waals surface area contributed by atoms with Gasteiger partial charge in [-0.05, 0) is 28.8 Å². The SMILES string of the molecule is N#Cc1ccccc1C(C(N)=O)(c1ccccc1)c1ccccc1C#N. The maximum absolute atomic E-state index is 13.0. The normalized spacial score (nSPS) is 10.5. The molecule has 4 nitrogen and oxygen atoms in total. The highest BCUT2D eigenvalue weighted by molar-refractivity contribution is 5.96. The van der Waals surface area contributed by atoms with Gasteiger partial charge in [0, 0.05) is 0 Å². The van der Waals surface area contributed by atoms with E-state index in [-0.39, 0.29) is 0 Å². The van der Waals surface area contributed by atoms with E-state index in [1.807, 2.05) is 6.07 Å². The number of rotatable bonds is 4. The molecule has 0 fully saturated rings. The minimum absolute atomic E-state index is 0.336. The summed E-state index contributed by atoms with van der Waals surface area (Å²) in [6.45, 7) is 0. The number of nitriles is 2. The highest BCUT2D eigenvalue weighted by Gasteiger charge is 2.45. The van der Waals surface area contributed by atoms with Crippen LogP contribution in [0.5, 0.6) is 0 Å². The van der Waals surface area contributed by atoms with E-state index < -0.39 is 11.3 Å². The van der Waals surface area contributed by atoms with E-state index in [1.54, 1.807) is 72.8 Å². The Balaban J connectivity index is 2.53. The average Bonchev–Trinajstić information content (AvgIpc) is 2.70. The second-order valence-corrected chi connectivity index (χ2v) is 5.80. The number of hydrogen-bond acceptors (Lipinski definition) is 3. The molecular weight excluding hydrogens is 322 g/mol. The summed E-state index contributed by atoms with van der Waals surface area (Å²) in [5, 5.41) is 19.2. The Hall–Kier alpha value is -3.89. The Labute approximate surface area is 151 Å². The van der Waals surface area contributed by atoms with Crippen LogP contribution in [0.4, 0.5) is 0 Å². The Bertz CT molecular complexity index is 985. The van der Waals surface area contributed by atoms with Gasteiger partial charge in [0.1, 0.15) is 5.41 Å². The van der Waals surface area contributed by atoms with E-state index in [9.17, 15) is 15.3 Å². The molecule has 0 saturated heterocycles. The van der Waals surface area contributed by atoms with Gasteiger partial charge in [-0.15, -0.1) is 0 Å². The van der Waals surface area contributed by atoms with E-state index in [4.69, 9.17) is 5.73 Å². The molecule has 3 rings (SSSR count). The number of benzene rings is 3. The first-order chi connectivity index (χ1) is 12.7. The number of nitrogens with two attached hydrogens (primary N) is 1. The third-order valence-electron chi connectivity index (χ3n) is 4.48. The van der Waals surface area contributed by atoms with Gasteiger partial charge in [-0.1, -0.05) is 66.7 Å². The Morgan fingerprint density at radius 1 is 0.731 bits per heavy atom. The summed E-state index contributed by atoms with van der Waals surface area (Å²) in [6, 6.07) is 27.0. The molecule has 4 heteroatoms. The third-order valence-corrected chi connectivity index (χ3v) is 4.48. The number of amides is 1. The minimum Gasteiger partial charge on any atom is -0.368 e. The van der Waals surface area contributed by atoms with Gasteiger partial charge in [-0.3, -0.25) is 4.79 Å². The van der Waals surface area contributed by atoms with Crippen molar-refractivity contribution < 1.29 is 4.79 Å². The summed E-state index contributed by atoms with van der Waals surface area (Å²) in [4.78, 5) is 13.0. The van der Waals surface area contributed by atoms with Crippen LogP contribution in [0.15, 0.2) is 78.9 Å². The maximum Gasteiger partial charge on any atom is 0.237 e. The molecule has 0 aromatic heterocycles. The molecule has 3 aromatic rings. The fourth-order valence-corrected chi connectivity index (χ4v) is 3.37. The van der Waals surface area contributed by atoms with Crippen LogP contribution in [0.3, 0.4) is 0 Å². The van der Waals surface area contributed by atoms with Crippen LogP contribution < -0.4 is 5.73 Å². The molecule has 3 aromatic carbocycles. The van der Waals surface area contributed by atoms with Gasteiger partial charge in [0.15, 0.2) is 0 Å². The first-order valence-corrected chi connectivity index (χ1v) is 8.01. The van der Waals surface area contributed by atoms with Crippen molar-refractivity contribution in [3.05, 3.63) is 107 Å². The zero-order valence-electron chi connectivity index (χ0n) is 13.9. The molecule has 0 radical (unpaired) electrons. The highest BCUT2D eigenvalue weighted by atomic mass is 16.1. The van der Waals surface area contributed by atoms with Crippen LogP contribution in [-0.4, -0.2) is 5.91 Å². The summed E-state index contributed by atoms with van der Waals surface area (Å²) in [5.41, 5.74) is 6.72. The van der Waals surface area contributed by atoms with Gasteiger partial charge in [0.2, 0.25) is 5.91 Å². The summed E-state index contributed by atoms with van der Waals surface area (Å²) in [7, 11) is 0. The minimum atomic E-state index is -1.44. The molecule has 0 aliphatic rings. The van der Waals surface area contributed by atoms with Crippen molar-refractivity contribution in [2.24, 2.45) is 5.73 Å². The topological polar surface area (TPSA) is 90.7 Å². The van der Waals surface area contributed by atoms with E-state index >= 15 is 0 Å². The number of nitrogens with zero attached hydrogens (tertiary/aromatic N) is 2. The molecular formula is C22H15N3O. The van der Waals surface area contributed by atoms with Crippen LogP contribution in [0.2, 0.25) is 0 Å². The fourth-order valence-electron chi connectivity index (χ4n) is 3.37. The predicted molar refractivity (Wildman–Crippen MR) is 97.8 cm³/mol. The zero-order chi connectivity index (χ0) is 18.6. The Morgan fingerprint density at radius 2 is 1.15 bits per heavy atom. The lowest BCUT2D eigenvalue weighted by atomic mass is 9.66. The second kappa shape index (κ2) is 6.93. The standard InChI is InChI=1S/C22H15N3O/c23-14-16-8-4-6-12-19(16)22(21(25)26,18-10-2-1-3-11-18)20-13-7-5-9-17(20)15-24/h1-13H,(H2,25,26). The van der Waals surface area contributed by atoms with Crippen molar-refractivity contribution in [2.45, 2.75) is 5.41 Å². The average molecular weight is 337 g/mol. The van der Waals surface area contributed by atoms with Gasteiger partial charge in [0.25, 0.3) is 0 Å². The largest absolute Gasteiger partial charge is 0.368 e. The predicted octanol–water partition coefficient (Wildman–Crippen LogP) is 3.25. The van der Waals surface area contributed by atoms with Crippen molar-refractivity contribution >= 4 is 5.91 Å². The highest BCUT2D eigenvalue weighted by Crippen LogP contribution is 2.41. The molecule has 124 valence electrons.